The van der Waals surface area contributed by atoms with Crippen molar-refractivity contribution >= 4 is 6.47 Å². The highest BCUT2D eigenvalue weighted by molar-refractivity contribution is 5.35. The van der Waals surface area contributed by atoms with E-state index >= 15 is 0 Å². The molecular weight excluding hydrogens is 164 g/mol. The minimum absolute atomic E-state index is 0.148. The van der Waals surface area contributed by atoms with Crippen molar-refractivity contribution in [3.63, 3.8) is 0 Å². The van der Waals surface area contributed by atoms with Crippen LogP contribution in [0, 0.1) is 0 Å². The predicted octanol–water partition coefficient (Wildman–Crippen LogP) is 0.838. The van der Waals surface area contributed by atoms with E-state index in [0.717, 1.165) is 0 Å². The van der Waals surface area contributed by atoms with Gasteiger partial charge in [-0.2, -0.15) is 4.89 Å². The Morgan fingerprint density at radius 3 is 2.25 bits per heavy atom. The molecular formula is C7H14O5. The Hall–Kier alpha value is -0.650. The fourth-order valence-corrected chi connectivity index (χ4v) is 0.362. The summed E-state index contributed by atoms with van der Waals surface area (Å²) in [7, 11) is 0. The summed E-state index contributed by atoms with van der Waals surface area (Å²) >= 11 is 0. The van der Waals surface area contributed by atoms with Crippen LogP contribution in [0.1, 0.15) is 20.8 Å². The summed E-state index contributed by atoms with van der Waals surface area (Å²) in [5.74, 6) is 0. The van der Waals surface area contributed by atoms with Gasteiger partial charge < -0.3 is 4.89 Å². The normalized spacial score (nSPS) is 11.2. The summed E-state index contributed by atoms with van der Waals surface area (Å²) in [6, 6.07) is 0. The monoisotopic (exact) mass is 178 g/mol. The predicted molar refractivity (Wildman–Crippen MR) is 39.9 cm³/mol. The second-order valence-corrected chi connectivity index (χ2v) is 3.03. The van der Waals surface area contributed by atoms with Gasteiger partial charge >= 0.3 is 6.47 Å². The number of rotatable bonds is 6. The first-order valence-electron chi connectivity index (χ1n) is 3.59. The Morgan fingerprint density at radius 2 is 1.75 bits per heavy atom. The highest BCUT2D eigenvalue weighted by Crippen LogP contribution is 2.06. The first-order chi connectivity index (χ1) is 5.56. The highest BCUT2D eigenvalue weighted by atomic mass is 17.2. The Balaban J connectivity index is 3.06. The summed E-state index contributed by atoms with van der Waals surface area (Å²) in [6.07, 6.45) is 0. The lowest BCUT2D eigenvalue weighted by Crippen LogP contribution is -2.20. The van der Waals surface area contributed by atoms with E-state index in [-0.39, 0.29) is 25.3 Å². The third-order valence-corrected chi connectivity index (χ3v) is 0.666. The molecule has 0 radical (unpaired) electrons. The van der Waals surface area contributed by atoms with Gasteiger partial charge in [0.2, 0.25) is 0 Å². The van der Waals surface area contributed by atoms with E-state index in [1.807, 2.05) is 20.8 Å². The molecule has 5 heteroatoms. The molecule has 0 spiro atoms. The van der Waals surface area contributed by atoms with Crippen molar-refractivity contribution in [1.82, 2.24) is 0 Å². The van der Waals surface area contributed by atoms with E-state index in [1.165, 1.54) is 0 Å². The van der Waals surface area contributed by atoms with E-state index in [1.54, 1.807) is 0 Å². The van der Waals surface area contributed by atoms with Crippen LogP contribution in [0.15, 0.2) is 0 Å². The second kappa shape index (κ2) is 5.93. The number of carbonyl (C=O) groups is 1. The molecule has 0 saturated carbocycles. The van der Waals surface area contributed by atoms with Crippen LogP contribution in [0.2, 0.25) is 0 Å². The lowest BCUT2D eigenvalue weighted by Gasteiger charge is -2.16. The van der Waals surface area contributed by atoms with Crippen molar-refractivity contribution < 1.29 is 24.3 Å². The largest absolute Gasteiger partial charge is 0.330 e. The van der Waals surface area contributed by atoms with Gasteiger partial charge in [0, 0.05) is 0 Å². The molecule has 0 aromatic rings. The fraction of sp³-hybridized carbons (Fsp3) is 0.857. The number of hydrogen-bond acceptors (Lipinski definition) is 5. The van der Waals surface area contributed by atoms with E-state index in [9.17, 15) is 4.79 Å². The Morgan fingerprint density at radius 1 is 1.17 bits per heavy atom. The SMILES string of the molecule is CC(C)(C)OOCCOOC=O. The Bertz CT molecular complexity index is 117. The number of carbonyl (C=O) groups excluding carboxylic acids is 1. The third kappa shape index (κ3) is 9.35. The first-order valence-corrected chi connectivity index (χ1v) is 3.59. The van der Waals surface area contributed by atoms with Gasteiger partial charge in [-0.05, 0) is 20.8 Å². The van der Waals surface area contributed by atoms with Crippen LogP contribution in [0.25, 0.3) is 0 Å². The van der Waals surface area contributed by atoms with E-state index in [2.05, 4.69) is 9.78 Å². The van der Waals surface area contributed by atoms with Crippen LogP contribution in [-0.2, 0) is 24.3 Å². The van der Waals surface area contributed by atoms with Crippen molar-refractivity contribution in [3.05, 3.63) is 0 Å². The molecule has 5 nitrogen and oxygen atoms in total. The van der Waals surface area contributed by atoms with Crippen LogP contribution in [0.4, 0.5) is 0 Å². The zero-order chi connectivity index (χ0) is 9.45. The van der Waals surface area contributed by atoms with Crippen molar-refractivity contribution in [1.29, 1.82) is 0 Å². The maximum atomic E-state index is 9.58. The van der Waals surface area contributed by atoms with Crippen LogP contribution >= 0.6 is 0 Å². The summed E-state index contributed by atoms with van der Waals surface area (Å²) in [5, 5.41) is 0. The lowest BCUT2D eigenvalue weighted by atomic mass is 10.2. The van der Waals surface area contributed by atoms with Gasteiger partial charge in [-0.25, -0.2) is 9.78 Å². The van der Waals surface area contributed by atoms with Crippen LogP contribution in [0.3, 0.4) is 0 Å². The van der Waals surface area contributed by atoms with Gasteiger partial charge in [-0.1, -0.05) is 0 Å². The molecule has 0 aliphatic carbocycles. The summed E-state index contributed by atoms with van der Waals surface area (Å²) in [6.45, 7) is 6.13. The zero-order valence-corrected chi connectivity index (χ0v) is 7.53. The van der Waals surface area contributed by atoms with Crippen molar-refractivity contribution in [3.8, 4) is 0 Å². The van der Waals surface area contributed by atoms with E-state index in [4.69, 9.17) is 9.78 Å². The Kier molecular flexibility index (Phi) is 5.61. The molecule has 0 aliphatic rings. The molecule has 0 bridgehead atoms. The lowest BCUT2D eigenvalue weighted by molar-refractivity contribution is -0.363. The molecule has 0 aromatic carbocycles. The van der Waals surface area contributed by atoms with Crippen molar-refractivity contribution in [2.24, 2.45) is 0 Å². The van der Waals surface area contributed by atoms with E-state index in [0.29, 0.717) is 0 Å². The molecule has 0 rings (SSSR count). The maximum Gasteiger partial charge on any atom is 0.330 e. The minimum atomic E-state index is -0.342. The minimum Gasteiger partial charge on any atom is -0.302 e. The van der Waals surface area contributed by atoms with Crippen molar-refractivity contribution in [2.75, 3.05) is 13.2 Å². The molecule has 0 amide bonds. The van der Waals surface area contributed by atoms with Gasteiger partial charge in [0.15, 0.2) is 0 Å². The van der Waals surface area contributed by atoms with Gasteiger partial charge in [-0.15, -0.1) is 0 Å². The second-order valence-electron chi connectivity index (χ2n) is 3.03. The van der Waals surface area contributed by atoms with Crippen molar-refractivity contribution in [2.45, 2.75) is 26.4 Å². The molecule has 0 saturated heterocycles. The summed E-state index contributed by atoms with van der Waals surface area (Å²) in [4.78, 5) is 27.5. The number of hydrogen-bond donors (Lipinski definition) is 0. The van der Waals surface area contributed by atoms with Crippen LogP contribution in [-0.4, -0.2) is 25.3 Å². The van der Waals surface area contributed by atoms with Gasteiger partial charge in [0.1, 0.15) is 13.2 Å². The van der Waals surface area contributed by atoms with Crippen LogP contribution < -0.4 is 0 Å². The van der Waals surface area contributed by atoms with E-state index < -0.39 is 0 Å². The molecule has 12 heavy (non-hydrogen) atoms. The van der Waals surface area contributed by atoms with Gasteiger partial charge in [0.05, 0.1) is 5.60 Å². The average molecular weight is 178 g/mol. The highest BCUT2D eigenvalue weighted by Gasteiger charge is 2.10. The zero-order valence-electron chi connectivity index (χ0n) is 7.53. The topological polar surface area (TPSA) is 54.0 Å². The quantitative estimate of drug-likeness (QED) is 0.261. The maximum absolute atomic E-state index is 9.58. The van der Waals surface area contributed by atoms with Gasteiger partial charge in [-0.3, -0.25) is 4.79 Å². The molecule has 0 unspecified atom stereocenters. The first kappa shape index (κ1) is 11.4. The molecule has 0 aromatic heterocycles. The molecule has 0 N–H and O–H groups in total. The standard InChI is InChI=1S/C7H14O5/c1-7(2,3)12-10-5-4-9-11-6-8/h6H,4-5H2,1-3H3. The third-order valence-electron chi connectivity index (χ3n) is 0.666. The molecule has 0 heterocycles. The smallest absolute Gasteiger partial charge is 0.302 e. The van der Waals surface area contributed by atoms with Crippen LogP contribution in [0.5, 0.6) is 0 Å². The Labute approximate surface area is 71.4 Å². The van der Waals surface area contributed by atoms with Gasteiger partial charge in [0.25, 0.3) is 0 Å². The molecule has 0 aliphatic heterocycles. The molecule has 0 atom stereocenters. The fourth-order valence-electron chi connectivity index (χ4n) is 0.362. The summed E-state index contributed by atoms with van der Waals surface area (Å²) in [5.41, 5.74) is -0.342. The molecule has 72 valence electrons. The average Bonchev–Trinajstić information content (AvgIpc) is 1.94. The molecule has 0 fully saturated rings. The summed E-state index contributed by atoms with van der Waals surface area (Å²) < 4.78 is 0.